The summed E-state index contributed by atoms with van der Waals surface area (Å²) in [5.74, 6) is -0.122. The van der Waals surface area contributed by atoms with Crippen LogP contribution in [0.3, 0.4) is 0 Å². The maximum Gasteiger partial charge on any atom is 0.416 e. The molecule has 0 atom stereocenters. The van der Waals surface area contributed by atoms with Crippen molar-refractivity contribution < 1.29 is 18.0 Å². The minimum Gasteiger partial charge on any atom is -0.340 e. The van der Waals surface area contributed by atoms with E-state index < -0.39 is 17.6 Å². The van der Waals surface area contributed by atoms with E-state index in [1.54, 1.807) is 18.3 Å². The fourth-order valence-electron chi connectivity index (χ4n) is 2.40. The van der Waals surface area contributed by atoms with Crippen molar-refractivity contribution in [1.29, 1.82) is 0 Å². The molecule has 0 fully saturated rings. The van der Waals surface area contributed by atoms with E-state index in [4.69, 9.17) is 0 Å². The predicted octanol–water partition coefficient (Wildman–Crippen LogP) is 5.40. The topological polar surface area (TPSA) is 54.0 Å². The highest BCUT2D eigenvalue weighted by Gasteiger charge is 2.30. The third kappa shape index (κ3) is 4.63. The van der Waals surface area contributed by atoms with E-state index in [0.717, 1.165) is 23.4 Å². The second kappa shape index (κ2) is 7.49. The maximum absolute atomic E-state index is 12.6. The summed E-state index contributed by atoms with van der Waals surface area (Å²) >= 11 is 0. The Kier molecular flexibility index (Phi) is 5.12. The third-order valence-corrected chi connectivity index (χ3v) is 3.84. The number of rotatable bonds is 4. The summed E-state index contributed by atoms with van der Waals surface area (Å²) in [4.78, 5) is 16.7. The largest absolute Gasteiger partial charge is 0.416 e. The van der Waals surface area contributed by atoms with Crippen LogP contribution in [0.5, 0.6) is 0 Å². The molecule has 0 aliphatic carbocycles. The quantitative estimate of drug-likeness (QED) is 0.645. The molecular formula is C20H16F3N3O. The van der Waals surface area contributed by atoms with Gasteiger partial charge in [-0.15, -0.1) is 0 Å². The van der Waals surface area contributed by atoms with Crippen molar-refractivity contribution in [2.24, 2.45) is 0 Å². The zero-order valence-corrected chi connectivity index (χ0v) is 14.3. The van der Waals surface area contributed by atoms with Gasteiger partial charge in [0.1, 0.15) is 5.82 Å². The lowest BCUT2D eigenvalue weighted by Gasteiger charge is -2.12. The summed E-state index contributed by atoms with van der Waals surface area (Å²) in [6.07, 6.45) is -2.87. The van der Waals surface area contributed by atoms with Gasteiger partial charge in [0.25, 0.3) is 5.91 Å². The van der Waals surface area contributed by atoms with Crippen LogP contribution in [0.15, 0.2) is 66.9 Å². The lowest BCUT2D eigenvalue weighted by Crippen LogP contribution is -2.15. The van der Waals surface area contributed by atoms with E-state index in [1.165, 1.54) is 12.1 Å². The molecule has 0 bridgehead atoms. The predicted molar refractivity (Wildman–Crippen MR) is 98.1 cm³/mol. The number of amides is 1. The lowest BCUT2D eigenvalue weighted by atomic mass is 10.2. The van der Waals surface area contributed by atoms with Gasteiger partial charge in [-0.1, -0.05) is 17.7 Å². The van der Waals surface area contributed by atoms with Crippen molar-refractivity contribution in [3.63, 3.8) is 0 Å². The number of halogens is 3. The zero-order valence-electron chi connectivity index (χ0n) is 14.3. The number of carbonyl (C=O) groups excluding carboxylic acids is 1. The number of nitrogens with zero attached hydrogens (tertiary/aromatic N) is 1. The molecule has 27 heavy (non-hydrogen) atoms. The minimum absolute atomic E-state index is 0.262. The van der Waals surface area contributed by atoms with Crippen molar-refractivity contribution in [1.82, 2.24) is 4.98 Å². The van der Waals surface area contributed by atoms with E-state index in [1.807, 2.05) is 31.2 Å². The Morgan fingerprint density at radius 2 is 1.56 bits per heavy atom. The normalized spacial score (nSPS) is 11.1. The van der Waals surface area contributed by atoms with Crippen LogP contribution < -0.4 is 10.6 Å². The first-order valence-corrected chi connectivity index (χ1v) is 8.10. The molecule has 1 heterocycles. The lowest BCUT2D eigenvalue weighted by molar-refractivity contribution is -0.137. The Hall–Kier alpha value is -3.35. The summed E-state index contributed by atoms with van der Waals surface area (Å²) in [6.45, 7) is 1.97. The van der Waals surface area contributed by atoms with Crippen LogP contribution >= 0.6 is 0 Å². The molecule has 0 aliphatic rings. The van der Waals surface area contributed by atoms with Crippen molar-refractivity contribution in [3.05, 3.63) is 83.6 Å². The monoisotopic (exact) mass is 371 g/mol. The highest BCUT2D eigenvalue weighted by molar-refractivity contribution is 6.07. The molecule has 0 aliphatic heterocycles. The van der Waals surface area contributed by atoms with Gasteiger partial charge >= 0.3 is 6.18 Å². The van der Waals surface area contributed by atoms with Crippen LogP contribution in [0.2, 0.25) is 0 Å². The Bertz CT molecular complexity index is 936. The number of hydrogen-bond donors (Lipinski definition) is 2. The second-order valence-corrected chi connectivity index (χ2v) is 5.92. The average molecular weight is 371 g/mol. The fourth-order valence-corrected chi connectivity index (χ4v) is 2.40. The number of aromatic nitrogens is 1. The van der Waals surface area contributed by atoms with Gasteiger partial charge in [-0.25, -0.2) is 4.98 Å². The Morgan fingerprint density at radius 1 is 0.926 bits per heavy atom. The number of carbonyl (C=O) groups is 1. The second-order valence-electron chi connectivity index (χ2n) is 5.92. The highest BCUT2D eigenvalue weighted by atomic mass is 19.4. The third-order valence-electron chi connectivity index (χ3n) is 3.84. The first-order valence-electron chi connectivity index (χ1n) is 8.10. The number of alkyl halides is 3. The van der Waals surface area contributed by atoms with Crippen molar-refractivity contribution in [2.75, 3.05) is 10.6 Å². The summed E-state index contributed by atoms with van der Waals surface area (Å²) in [7, 11) is 0. The number of benzene rings is 2. The molecule has 0 saturated carbocycles. The van der Waals surface area contributed by atoms with Gasteiger partial charge in [0.15, 0.2) is 0 Å². The molecule has 1 amide bonds. The molecule has 0 saturated heterocycles. The number of pyridine rings is 1. The number of anilines is 3. The van der Waals surface area contributed by atoms with Crippen LogP contribution in [0.4, 0.5) is 30.4 Å². The first-order chi connectivity index (χ1) is 12.8. The van der Waals surface area contributed by atoms with Crippen LogP contribution in [0.1, 0.15) is 21.5 Å². The van der Waals surface area contributed by atoms with Gasteiger partial charge in [0, 0.05) is 17.6 Å². The molecule has 4 nitrogen and oxygen atoms in total. The molecule has 0 unspecified atom stereocenters. The van der Waals surface area contributed by atoms with Gasteiger partial charge in [0.05, 0.1) is 11.1 Å². The molecule has 3 rings (SSSR count). The molecule has 2 N–H and O–H groups in total. The van der Waals surface area contributed by atoms with Crippen LogP contribution in [0, 0.1) is 6.92 Å². The average Bonchev–Trinajstić information content (AvgIpc) is 2.64. The highest BCUT2D eigenvalue weighted by Crippen LogP contribution is 2.30. The van der Waals surface area contributed by atoms with Crippen LogP contribution in [-0.4, -0.2) is 10.9 Å². The SMILES string of the molecule is Cc1ccc(Nc2ncccc2C(=O)Nc2ccc(C(F)(F)F)cc2)cc1. The summed E-state index contributed by atoms with van der Waals surface area (Å²) in [6, 6.07) is 15.0. The molecule has 3 aromatic rings. The van der Waals surface area contributed by atoms with Gasteiger partial charge in [0.2, 0.25) is 0 Å². The van der Waals surface area contributed by atoms with Crippen LogP contribution in [0.25, 0.3) is 0 Å². The molecule has 2 aromatic carbocycles. The van der Waals surface area contributed by atoms with Crippen LogP contribution in [-0.2, 0) is 6.18 Å². The van der Waals surface area contributed by atoms with Gasteiger partial charge in [-0.3, -0.25) is 4.79 Å². The minimum atomic E-state index is -4.42. The zero-order chi connectivity index (χ0) is 19.4. The molecule has 7 heteroatoms. The fraction of sp³-hybridized carbons (Fsp3) is 0.100. The first kappa shape index (κ1) is 18.4. The Balaban J connectivity index is 1.78. The number of hydrogen-bond acceptors (Lipinski definition) is 3. The molecule has 138 valence electrons. The summed E-state index contributed by atoms with van der Waals surface area (Å²) < 4.78 is 37.9. The molecule has 0 spiro atoms. The Labute approximate surface area is 154 Å². The standard InChI is InChI=1S/C20H16F3N3O/c1-13-4-8-15(9-5-13)25-18-17(3-2-12-24-18)19(27)26-16-10-6-14(7-11-16)20(21,22)23/h2-12H,1H3,(H,24,25)(H,26,27). The molecule has 1 aromatic heterocycles. The summed E-state index contributed by atoms with van der Waals surface area (Å²) in [5.41, 5.74) is 1.63. The van der Waals surface area contributed by atoms with E-state index >= 15 is 0 Å². The summed E-state index contributed by atoms with van der Waals surface area (Å²) in [5, 5.41) is 5.66. The van der Waals surface area contributed by atoms with Gasteiger partial charge < -0.3 is 10.6 Å². The van der Waals surface area contributed by atoms with E-state index in [-0.39, 0.29) is 11.3 Å². The molecule has 0 radical (unpaired) electrons. The van der Waals surface area contributed by atoms with Crippen molar-refractivity contribution in [3.8, 4) is 0 Å². The van der Waals surface area contributed by atoms with E-state index in [2.05, 4.69) is 15.6 Å². The number of nitrogens with one attached hydrogen (secondary N) is 2. The Morgan fingerprint density at radius 3 is 2.19 bits per heavy atom. The van der Waals surface area contributed by atoms with Gasteiger partial charge in [-0.05, 0) is 55.5 Å². The number of aryl methyl sites for hydroxylation is 1. The van der Waals surface area contributed by atoms with E-state index in [0.29, 0.717) is 5.82 Å². The maximum atomic E-state index is 12.6. The van der Waals surface area contributed by atoms with E-state index in [9.17, 15) is 18.0 Å². The molecular weight excluding hydrogens is 355 g/mol. The smallest absolute Gasteiger partial charge is 0.340 e. The van der Waals surface area contributed by atoms with Crippen molar-refractivity contribution in [2.45, 2.75) is 13.1 Å². The van der Waals surface area contributed by atoms with Gasteiger partial charge in [-0.2, -0.15) is 13.2 Å². The van der Waals surface area contributed by atoms with Crippen molar-refractivity contribution >= 4 is 23.1 Å².